The van der Waals surface area contributed by atoms with Crippen molar-refractivity contribution in [1.82, 2.24) is 0 Å². The maximum absolute atomic E-state index is 13.1. The van der Waals surface area contributed by atoms with Crippen LogP contribution in [0.5, 0.6) is 0 Å². The summed E-state index contributed by atoms with van der Waals surface area (Å²) >= 11 is 6.25. The fraction of sp³-hybridized carbons (Fsp3) is 0.375. The summed E-state index contributed by atoms with van der Waals surface area (Å²) in [6.45, 7) is 6.29. The van der Waals surface area contributed by atoms with Gasteiger partial charge in [0, 0.05) is 16.3 Å². The molecule has 1 unspecified atom stereocenters. The molecule has 1 atom stereocenters. The van der Waals surface area contributed by atoms with Crippen LogP contribution < -0.4 is 0 Å². The van der Waals surface area contributed by atoms with Crippen LogP contribution in [0.4, 0.5) is 13.2 Å². The van der Waals surface area contributed by atoms with Crippen LogP contribution in [-0.2, 0) is 14.3 Å². The number of hydrogen-bond donors (Lipinski definition) is 0. The molecule has 0 aliphatic rings. The van der Waals surface area contributed by atoms with Gasteiger partial charge in [-0.25, -0.2) is 0 Å². The zero-order valence-electron chi connectivity index (χ0n) is 13.1. The molecule has 1 rings (SSSR count). The van der Waals surface area contributed by atoms with Crippen molar-refractivity contribution in [2.45, 2.75) is 36.1 Å². The molecule has 0 amide bonds. The largest absolute Gasteiger partial charge is 0.465 e. The first kappa shape index (κ1) is 20.6. The van der Waals surface area contributed by atoms with Crippen molar-refractivity contribution >= 4 is 35.1 Å². The van der Waals surface area contributed by atoms with Gasteiger partial charge >= 0.3 is 12.1 Å². The van der Waals surface area contributed by atoms with Gasteiger partial charge in [-0.3, -0.25) is 9.59 Å². The van der Waals surface area contributed by atoms with E-state index in [0.717, 1.165) is 0 Å². The Kier molecular flexibility index (Phi) is 6.92. The Morgan fingerprint density at radius 2 is 1.79 bits per heavy atom. The van der Waals surface area contributed by atoms with Crippen LogP contribution >= 0.6 is 23.4 Å². The molecule has 0 N–H and O–H groups in total. The molecule has 0 aliphatic heterocycles. The Bertz CT molecular complexity index is 628. The zero-order valence-corrected chi connectivity index (χ0v) is 14.6. The monoisotopic (exact) mass is 380 g/mol. The van der Waals surface area contributed by atoms with E-state index in [1.54, 1.807) is 0 Å². The molecule has 24 heavy (non-hydrogen) atoms. The number of esters is 1. The molecule has 0 aromatic heterocycles. The summed E-state index contributed by atoms with van der Waals surface area (Å²) in [5, 5.41) is 0.378. The van der Waals surface area contributed by atoms with E-state index in [-0.39, 0.29) is 17.1 Å². The van der Waals surface area contributed by atoms with E-state index in [4.69, 9.17) is 16.3 Å². The normalized spacial score (nSPS) is 13.9. The Balaban J connectivity index is 3.43. The van der Waals surface area contributed by atoms with Crippen LogP contribution in [0, 0.1) is 0 Å². The van der Waals surface area contributed by atoms with Crippen molar-refractivity contribution in [3.05, 3.63) is 41.4 Å². The number of hydrogen-bond acceptors (Lipinski definition) is 4. The van der Waals surface area contributed by atoms with Gasteiger partial charge in [-0.05, 0) is 38.1 Å². The number of allylic oxidation sites excluding steroid dienone is 1. The summed E-state index contributed by atoms with van der Waals surface area (Å²) in [5.74, 6) is -3.41. The average Bonchev–Trinajstić information content (AvgIpc) is 2.46. The van der Waals surface area contributed by atoms with Crippen LogP contribution in [0.25, 0.3) is 0 Å². The lowest BCUT2D eigenvalue weighted by molar-refractivity contribution is -0.178. The molecule has 3 nitrogen and oxygen atoms in total. The number of carbonyl (C=O) groups is 2. The fourth-order valence-electron chi connectivity index (χ4n) is 1.97. The number of ketones is 1. The molecule has 0 saturated heterocycles. The van der Waals surface area contributed by atoms with Gasteiger partial charge in [0.2, 0.25) is 0 Å². The van der Waals surface area contributed by atoms with Crippen LogP contribution in [0.2, 0.25) is 5.02 Å². The summed E-state index contributed by atoms with van der Waals surface area (Å²) in [6, 6.07) is 5.78. The third kappa shape index (κ3) is 5.01. The fourth-order valence-corrected chi connectivity index (χ4v) is 3.44. The predicted octanol–water partition coefficient (Wildman–Crippen LogP) is 4.83. The van der Waals surface area contributed by atoms with Crippen LogP contribution in [0.1, 0.15) is 20.3 Å². The van der Waals surface area contributed by atoms with Crippen molar-refractivity contribution in [1.29, 1.82) is 0 Å². The molecule has 0 saturated carbocycles. The Morgan fingerprint density at radius 3 is 2.21 bits per heavy atom. The van der Waals surface area contributed by atoms with Crippen LogP contribution in [-0.4, -0.2) is 29.3 Å². The third-order valence-corrected chi connectivity index (χ3v) is 4.49. The molecular weight excluding hydrogens is 365 g/mol. The highest BCUT2D eigenvalue weighted by Gasteiger charge is 2.59. The Labute approximate surface area is 147 Å². The number of alkyl halides is 3. The van der Waals surface area contributed by atoms with E-state index < -0.39 is 29.1 Å². The van der Waals surface area contributed by atoms with Gasteiger partial charge in [-0.15, -0.1) is 6.58 Å². The molecule has 0 fully saturated rings. The predicted molar refractivity (Wildman–Crippen MR) is 87.2 cm³/mol. The molecule has 0 spiro atoms. The molecule has 0 radical (unpaired) electrons. The van der Waals surface area contributed by atoms with Crippen LogP contribution in [0.3, 0.4) is 0 Å². The maximum Gasteiger partial charge on any atom is 0.452 e. The first-order valence-electron chi connectivity index (χ1n) is 6.90. The molecule has 1 aromatic rings. The smallest absolute Gasteiger partial charge is 0.452 e. The summed E-state index contributed by atoms with van der Waals surface area (Å²) < 4.78 is 41.7. The second-order valence-corrected chi connectivity index (χ2v) is 6.87. The van der Waals surface area contributed by atoms with Gasteiger partial charge in [-0.2, -0.15) is 13.2 Å². The highest BCUT2D eigenvalue weighted by molar-refractivity contribution is 8.02. The first-order chi connectivity index (χ1) is 11.0. The van der Waals surface area contributed by atoms with E-state index in [1.807, 2.05) is 0 Å². The number of halogens is 4. The highest BCUT2D eigenvalue weighted by Crippen LogP contribution is 2.43. The van der Waals surface area contributed by atoms with Crippen molar-refractivity contribution in [2.75, 3.05) is 6.61 Å². The number of rotatable bonds is 7. The summed E-state index contributed by atoms with van der Waals surface area (Å²) in [6.07, 6.45) is -5.68. The third-order valence-electron chi connectivity index (χ3n) is 2.89. The van der Waals surface area contributed by atoms with Crippen molar-refractivity contribution < 1.29 is 27.5 Å². The van der Waals surface area contributed by atoms with Gasteiger partial charge < -0.3 is 4.74 Å². The van der Waals surface area contributed by atoms with Crippen molar-refractivity contribution in [3.8, 4) is 0 Å². The minimum atomic E-state index is -5.19. The second kappa shape index (κ2) is 8.07. The Hall–Kier alpha value is -1.47. The average molecular weight is 381 g/mol. The van der Waals surface area contributed by atoms with Gasteiger partial charge in [0.1, 0.15) is 0 Å². The summed E-state index contributed by atoms with van der Waals surface area (Å²) in [7, 11) is 0. The minimum Gasteiger partial charge on any atom is -0.465 e. The highest BCUT2D eigenvalue weighted by atomic mass is 35.5. The van der Waals surface area contributed by atoms with Gasteiger partial charge in [-0.1, -0.05) is 28.9 Å². The molecule has 0 bridgehead atoms. The SMILES string of the molecule is C=C(C)CC(Sc1ccc(Cl)cc1)(C(=O)OCC)C(=O)C(F)(F)F. The Morgan fingerprint density at radius 1 is 1.25 bits per heavy atom. The summed E-state index contributed by atoms with van der Waals surface area (Å²) in [4.78, 5) is 24.7. The molecule has 1 aromatic carbocycles. The van der Waals surface area contributed by atoms with E-state index in [9.17, 15) is 22.8 Å². The number of benzene rings is 1. The first-order valence-corrected chi connectivity index (χ1v) is 8.10. The number of Topliss-reactive ketones (excluding diaryl/α,β-unsaturated/α-hetero) is 1. The summed E-state index contributed by atoms with van der Waals surface area (Å²) in [5.41, 5.74) is 0.252. The van der Waals surface area contributed by atoms with Crippen molar-refractivity contribution in [3.63, 3.8) is 0 Å². The van der Waals surface area contributed by atoms with Gasteiger partial charge in [0.25, 0.3) is 5.78 Å². The maximum atomic E-state index is 13.1. The molecule has 0 heterocycles. The zero-order chi connectivity index (χ0) is 18.5. The second-order valence-electron chi connectivity index (χ2n) is 5.06. The van der Waals surface area contributed by atoms with E-state index in [0.29, 0.717) is 16.8 Å². The van der Waals surface area contributed by atoms with Gasteiger partial charge in [0.15, 0.2) is 4.75 Å². The molecular formula is C16H16ClF3O3S. The minimum absolute atomic E-state index is 0.150. The quantitative estimate of drug-likeness (QED) is 0.294. The van der Waals surface area contributed by atoms with Crippen LogP contribution in [0.15, 0.2) is 41.3 Å². The number of thioether (sulfide) groups is 1. The lowest BCUT2D eigenvalue weighted by Gasteiger charge is -2.30. The number of ether oxygens (including phenoxy) is 1. The van der Waals surface area contributed by atoms with E-state index in [2.05, 4.69) is 6.58 Å². The molecule has 8 heteroatoms. The standard InChI is InChI=1S/C16H16ClF3O3S/c1-4-23-14(22)15(9-10(2)3,13(21)16(18,19)20)24-12-7-5-11(17)6-8-12/h5-8H,2,4,9H2,1,3H3. The van der Waals surface area contributed by atoms with E-state index >= 15 is 0 Å². The van der Waals surface area contributed by atoms with E-state index in [1.165, 1.54) is 38.1 Å². The lowest BCUT2D eigenvalue weighted by atomic mass is 9.94. The number of carbonyl (C=O) groups excluding carboxylic acids is 2. The van der Waals surface area contributed by atoms with Crippen molar-refractivity contribution in [2.24, 2.45) is 0 Å². The molecule has 0 aliphatic carbocycles. The molecule has 132 valence electrons. The lowest BCUT2D eigenvalue weighted by Crippen LogP contribution is -2.51. The topological polar surface area (TPSA) is 43.4 Å². The van der Waals surface area contributed by atoms with Gasteiger partial charge in [0.05, 0.1) is 6.61 Å².